The van der Waals surface area contributed by atoms with Gasteiger partial charge in [0, 0.05) is 6.42 Å². The number of hydrogen-bond acceptors (Lipinski definition) is 3. The van der Waals surface area contributed by atoms with E-state index in [-0.39, 0.29) is 27.8 Å². The molecule has 0 N–H and O–H groups in total. The van der Waals surface area contributed by atoms with Crippen LogP contribution in [0.1, 0.15) is 65.9 Å². The third-order valence-corrected chi connectivity index (χ3v) is 7.19. The largest absolute Gasteiger partial charge is 0.274 e. The molecule has 1 saturated heterocycles. The van der Waals surface area contributed by atoms with Gasteiger partial charge >= 0.3 is 0 Å². The van der Waals surface area contributed by atoms with E-state index in [2.05, 4.69) is 54.6 Å². The zero-order chi connectivity index (χ0) is 19.5. The predicted octanol–water partition coefficient (Wildman–Crippen LogP) is 4.35. The van der Waals surface area contributed by atoms with E-state index < -0.39 is 0 Å². The van der Waals surface area contributed by atoms with Crippen LogP contribution in [0.5, 0.6) is 0 Å². The van der Waals surface area contributed by atoms with Crippen molar-refractivity contribution in [2.24, 2.45) is 0 Å². The van der Waals surface area contributed by atoms with Gasteiger partial charge in [0.1, 0.15) is 7.85 Å². The van der Waals surface area contributed by atoms with Gasteiger partial charge in [-0.15, -0.1) is 11.8 Å². The van der Waals surface area contributed by atoms with E-state index in [4.69, 9.17) is 0 Å². The molecule has 1 heterocycles. The Bertz CT molecular complexity index is 649. The minimum absolute atomic E-state index is 0.00220. The Hall–Kier alpha value is -1.23. The van der Waals surface area contributed by atoms with Crippen molar-refractivity contribution in [1.82, 2.24) is 0 Å². The number of imide groups is 1. The van der Waals surface area contributed by atoms with Gasteiger partial charge < -0.3 is 0 Å². The fourth-order valence-corrected chi connectivity index (χ4v) is 4.21. The number of nitrogens with zero attached hydrogens (tertiary/aromatic N) is 1. The van der Waals surface area contributed by atoms with Crippen molar-refractivity contribution in [3.8, 4) is 0 Å². The molecule has 5 heteroatoms. The maximum Gasteiger partial charge on any atom is 0.247 e. The van der Waals surface area contributed by atoms with Crippen molar-refractivity contribution < 1.29 is 9.59 Å². The smallest absolute Gasteiger partial charge is 0.247 e. The molecule has 1 aromatic rings. The summed E-state index contributed by atoms with van der Waals surface area (Å²) in [5.41, 5.74) is 1.92. The van der Waals surface area contributed by atoms with Crippen LogP contribution >= 0.6 is 11.8 Å². The second kappa shape index (κ2) is 8.20. The lowest BCUT2D eigenvalue weighted by Crippen LogP contribution is -2.32. The highest BCUT2D eigenvalue weighted by molar-refractivity contribution is 8.00. The van der Waals surface area contributed by atoms with Gasteiger partial charge in [0.05, 0.1) is 10.9 Å². The molecule has 3 nitrogen and oxygen atoms in total. The number of carbonyl (C=O) groups excluding carboxylic acids is 2. The minimum atomic E-state index is -0.218. The SMILES string of the molecule is BC(C)(C)C(C)(C)c1ccc(N2C(=O)CC(SCCCCC)C2=O)cc1. The fraction of sp³-hybridized carbons (Fsp3) is 0.619. The summed E-state index contributed by atoms with van der Waals surface area (Å²) in [4.78, 5) is 26.5. The van der Waals surface area contributed by atoms with Gasteiger partial charge in [-0.2, -0.15) is 0 Å². The first kappa shape index (κ1) is 21.1. The number of rotatable bonds is 8. The van der Waals surface area contributed by atoms with Gasteiger partial charge in [0.15, 0.2) is 0 Å². The van der Waals surface area contributed by atoms with E-state index in [0.29, 0.717) is 12.1 Å². The van der Waals surface area contributed by atoms with Crippen LogP contribution in [0.4, 0.5) is 5.69 Å². The summed E-state index contributed by atoms with van der Waals surface area (Å²) in [5.74, 6) is 0.814. The van der Waals surface area contributed by atoms with Gasteiger partial charge in [0.2, 0.25) is 11.8 Å². The Labute approximate surface area is 163 Å². The molecule has 2 rings (SSSR count). The monoisotopic (exact) mass is 373 g/mol. The molecule has 1 unspecified atom stereocenters. The Morgan fingerprint density at radius 1 is 1.12 bits per heavy atom. The minimum Gasteiger partial charge on any atom is -0.274 e. The van der Waals surface area contributed by atoms with E-state index >= 15 is 0 Å². The summed E-state index contributed by atoms with van der Waals surface area (Å²) < 4.78 is 0. The third-order valence-electron chi connectivity index (χ3n) is 5.89. The van der Waals surface area contributed by atoms with Crippen molar-refractivity contribution in [1.29, 1.82) is 0 Å². The van der Waals surface area contributed by atoms with Gasteiger partial charge in [-0.25, -0.2) is 4.90 Å². The lowest BCUT2D eigenvalue weighted by molar-refractivity contribution is -0.121. The van der Waals surface area contributed by atoms with Crippen LogP contribution in [0.25, 0.3) is 0 Å². The fourth-order valence-electron chi connectivity index (χ4n) is 3.04. The number of hydrogen-bond donors (Lipinski definition) is 0. The van der Waals surface area contributed by atoms with Gasteiger partial charge in [-0.1, -0.05) is 64.9 Å². The average Bonchev–Trinajstić information content (AvgIpc) is 2.84. The summed E-state index contributed by atoms with van der Waals surface area (Å²) in [6.07, 6.45) is 3.78. The van der Waals surface area contributed by atoms with Crippen LogP contribution in [-0.2, 0) is 15.0 Å². The Morgan fingerprint density at radius 2 is 1.73 bits per heavy atom. The summed E-state index contributed by atoms with van der Waals surface area (Å²) in [6.45, 7) is 11.1. The Kier molecular flexibility index (Phi) is 6.65. The zero-order valence-corrected chi connectivity index (χ0v) is 17.9. The number of thioether (sulfide) groups is 1. The molecule has 2 amide bonds. The van der Waals surface area contributed by atoms with Crippen molar-refractivity contribution >= 4 is 37.1 Å². The molecule has 26 heavy (non-hydrogen) atoms. The van der Waals surface area contributed by atoms with Crippen LogP contribution in [-0.4, -0.2) is 30.7 Å². The number of carbonyl (C=O) groups is 2. The molecule has 1 aliphatic rings. The first-order valence-corrected chi connectivity index (χ1v) is 10.7. The van der Waals surface area contributed by atoms with Crippen molar-refractivity contribution in [3.63, 3.8) is 0 Å². The summed E-state index contributed by atoms with van der Waals surface area (Å²) >= 11 is 1.63. The molecule has 0 saturated carbocycles. The lowest BCUT2D eigenvalue weighted by Gasteiger charge is -2.39. The van der Waals surface area contributed by atoms with Gasteiger partial charge in [0.25, 0.3) is 0 Å². The number of benzene rings is 1. The van der Waals surface area contributed by atoms with Crippen molar-refractivity contribution in [3.05, 3.63) is 29.8 Å². The predicted molar refractivity (Wildman–Crippen MR) is 115 cm³/mol. The molecule has 0 aliphatic carbocycles. The average molecular weight is 373 g/mol. The second-order valence-electron chi connectivity index (χ2n) is 8.76. The number of amides is 2. The van der Waals surface area contributed by atoms with Crippen molar-refractivity contribution in [2.45, 2.75) is 76.3 Å². The molecule has 0 spiro atoms. The molecule has 0 radical (unpaired) electrons. The maximum atomic E-state index is 12.7. The van der Waals surface area contributed by atoms with Gasteiger partial charge in [-0.05, 0) is 35.3 Å². The van der Waals surface area contributed by atoms with Crippen LogP contribution in [0.3, 0.4) is 0 Å². The molecule has 1 aromatic carbocycles. The first-order valence-electron chi connectivity index (χ1n) is 9.68. The second-order valence-corrected chi connectivity index (χ2v) is 10.1. The molecule has 0 bridgehead atoms. The molecule has 0 aromatic heterocycles. The Morgan fingerprint density at radius 3 is 2.27 bits per heavy atom. The normalized spacial score (nSPS) is 18.7. The molecule has 1 atom stereocenters. The Balaban J connectivity index is 2.11. The topological polar surface area (TPSA) is 37.4 Å². The van der Waals surface area contributed by atoms with Crippen LogP contribution in [0.15, 0.2) is 24.3 Å². The molecule has 1 aliphatic heterocycles. The summed E-state index contributed by atoms with van der Waals surface area (Å²) in [5, 5.41) is -0.0985. The first-order chi connectivity index (χ1) is 12.1. The van der Waals surface area contributed by atoms with E-state index in [1.54, 1.807) is 11.8 Å². The quantitative estimate of drug-likeness (QED) is 0.386. The van der Waals surface area contributed by atoms with Crippen molar-refractivity contribution in [2.75, 3.05) is 10.7 Å². The molecular weight excluding hydrogens is 341 g/mol. The van der Waals surface area contributed by atoms with Crippen LogP contribution < -0.4 is 4.90 Å². The molecular formula is C21H32BNO2S. The van der Waals surface area contributed by atoms with E-state index in [9.17, 15) is 9.59 Å². The van der Waals surface area contributed by atoms with Crippen LogP contribution in [0.2, 0.25) is 5.31 Å². The number of unbranched alkanes of at least 4 members (excludes halogenated alkanes) is 2. The molecule has 142 valence electrons. The maximum absolute atomic E-state index is 12.7. The van der Waals surface area contributed by atoms with E-state index in [1.165, 1.54) is 23.3 Å². The summed E-state index contributed by atoms with van der Waals surface area (Å²) in [6, 6.07) is 7.96. The highest BCUT2D eigenvalue weighted by Crippen LogP contribution is 2.44. The lowest BCUT2D eigenvalue weighted by atomic mass is 9.54. The van der Waals surface area contributed by atoms with E-state index in [1.807, 2.05) is 12.1 Å². The highest BCUT2D eigenvalue weighted by Gasteiger charge is 2.40. The summed E-state index contributed by atoms with van der Waals surface area (Å²) in [7, 11) is 2.23. The van der Waals surface area contributed by atoms with E-state index in [0.717, 1.165) is 12.2 Å². The molecule has 1 fully saturated rings. The highest BCUT2D eigenvalue weighted by atomic mass is 32.2. The zero-order valence-electron chi connectivity index (χ0n) is 17.1. The van der Waals surface area contributed by atoms with Gasteiger partial charge in [-0.3, -0.25) is 9.59 Å². The third kappa shape index (κ3) is 4.36. The number of anilines is 1. The standard InChI is InChI=1S/C21H32BNO2S/c1-6-7-8-13-26-17-14-18(24)23(19(17)25)16-11-9-15(10-12-16)20(2,3)21(4,5)22/h9-12,17H,6-8,13-14,22H2,1-5H3. The van der Waals surface area contributed by atoms with Crippen LogP contribution in [0, 0.1) is 0 Å².